The Hall–Kier alpha value is -1.46. The molecule has 0 saturated carbocycles. The molecule has 1 aliphatic rings. The molecule has 0 spiro atoms. The predicted octanol–water partition coefficient (Wildman–Crippen LogP) is 1.45. The fraction of sp³-hybridized carbons (Fsp3) is 0.571. The van der Waals surface area contributed by atoms with Gasteiger partial charge in [0.25, 0.3) is 5.91 Å². The van der Waals surface area contributed by atoms with Crippen LogP contribution in [0.4, 0.5) is 0 Å². The van der Waals surface area contributed by atoms with Crippen molar-refractivity contribution in [3.05, 3.63) is 29.6 Å². The number of pyridine rings is 1. The van der Waals surface area contributed by atoms with Crippen LogP contribution in [0.2, 0.25) is 0 Å². The van der Waals surface area contributed by atoms with E-state index in [-0.39, 0.29) is 5.91 Å². The van der Waals surface area contributed by atoms with Crippen molar-refractivity contribution in [1.29, 1.82) is 0 Å². The highest BCUT2D eigenvalue weighted by molar-refractivity contribution is 5.93. The molecule has 104 valence electrons. The number of likely N-dealkylation sites (tertiary alicyclic amines) is 1. The third-order valence-electron chi connectivity index (χ3n) is 3.80. The minimum atomic E-state index is -0.302. The first-order chi connectivity index (χ1) is 9.24. The smallest absolute Gasteiger partial charge is 0.266 e. The Labute approximate surface area is 114 Å². The molecule has 0 bridgehead atoms. The maximum absolute atomic E-state index is 11.3. The zero-order valence-electron chi connectivity index (χ0n) is 11.4. The second-order valence-electron chi connectivity index (χ2n) is 5.04. The van der Waals surface area contributed by atoms with Gasteiger partial charge in [0.1, 0.15) is 0 Å². The minimum absolute atomic E-state index is 0.302. The third kappa shape index (κ3) is 3.52. The molecular weight excluding hydrogens is 240 g/mol. The molecule has 0 aliphatic carbocycles. The van der Waals surface area contributed by atoms with E-state index in [0.717, 1.165) is 18.8 Å². The lowest BCUT2D eigenvalue weighted by Crippen LogP contribution is -2.38. The topological polar surface area (TPSA) is 71.2 Å². The molecule has 0 aromatic carbocycles. The largest absolute Gasteiger partial charge is 0.295 e. The first-order valence-electron chi connectivity index (χ1n) is 6.94. The Morgan fingerprint density at radius 3 is 3.00 bits per heavy atom. The molecule has 5 heteroatoms. The number of nitrogens with zero attached hydrogens (tertiary/aromatic N) is 2. The van der Waals surface area contributed by atoms with Gasteiger partial charge in [0.15, 0.2) is 0 Å². The molecule has 3 N–H and O–H groups in total. The molecule has 1 amide bonds. The number of carbonyl (C=O) groups excluding carboxylic acids is 1. The van der Waals surface area contributed by atoms with E-state index in [0.29, 0.717) is 11.6 Å². The second-order valence-corrected chi connectivity index (χ2v) is 5.04. The van der Waals surface area contributed by atoms with Crippen molar-refractivity contribution in [2.24, 2.45) is 5.84 Å². The lowest BCUT2D eigenvalue weighted by Gasteiger charge is -2.34. The Balaban J connectivity index is 2.00. The Kier molecular flexibility index (Phi) is 4.87. The normalized spacial score (nSPS) is 20.2. The van der Waals surface area contributed by atoms with Crippen LogP contribution >= 0.6 is 0 Å². The Morgan fingerprint density at radius 2 is 2.37 bits per heavy atom. The van der Waals surface area contributed by atoms with Crippen molar-refractivity contribution < 1.29 is 4.79 Å². The molecule has 1 saturated heterocycles. The summed E-state index contributed by atoms with van der Waals surface area (Å²) in [5.74, 6) is 4.79. The lowest BCUT2D eigenvalue weighted by molar-refractivity contribution is 0.0953. The summed E-state index contributed by atoms with van der Waals surface area (Å²) in [6.07, 6.45) is 6.66. The fourth-order valence-corrected chi connectivity index (χ4v) is 2.67. The molecule has 2 heterocycles. The average molecular weight is 262 g/mol. The van der Waals surface area contributed by atoms with Gasteiger partial charge in [-0.2, -0.15) is 0 Å². The summed E-state index contributed by atoms with van der Waals surface area (Å²) in [5, 5.41) is 0. The van der Waals surface area contributed by atoms with Crippen molar-refractivity contribution in [3.63, 3.8) is 0 Å². The van der Waals surface area contributed by atoms with Crippen LogP contribution in [0.3, 0.4) is 0 Å². The number of nitrogens with one attached hydrogen (secondary N) is 1. The quantitative estimate of drug-likeness (QED) is 0.489. The van der Waals surface area contributed by atoms with E-state index in [1.807, 2.05) is 6.07 Å². The number of aromatic nitrogens is 1. The zero-order valence-corrected chi connectivity index (χ0v) is 11.4. The van der Waals surface area contributed by atoms with Crippen LogP contribution < -0.4 is 11.3 Å². The van der Waals surface area contributed by atoms with Gasteiger partial charge < -0.3 is 0 Å². The number of piperidine rings is 1. The highest BCUT2D eigenvalue weighted by Gasteiger charge is 2.21. The van der Waals surface area contributed by atoms with Crippen LogP contribution in [0.5, 0.6) is 0 Å². The van der Waals surface area contributed by atoms with Gasteiger partial charge >= 0.3 is 0 Å². The molecule has 1 aromatic rings. The van der Waals surface area contributed by atoms with Gasteiger partial charge in [-0.15, -0.1) is 0 Å². The first-order valence-corrected chi connectivity index (χ1v) is 6.94. The molecule has 1 fully saturated rings. The van der Waals surface area contributed by atoms with Crippen LogP contribution in [0.1, 0.15) is 48.7 Å². The van der Waals surface area contributed by atoms with Crippen molar-refractivity contribution in [2.45, 2.75) is 45.2 Å². The number of hydrogen-bond donors (Lipinski definition) is 2. The van der Waals surface area contributed by atoms with E-state index in [9.17, 15) is 4.79 Å². The van der Waals surface area contributed by atoms with Gasteiger partial charge in [0.05, 0.1) is 11.3 Å². The summed E-state index contributed by atoms with van der Waals surface area (Å²) >= 11 is 0. The second kappa shape index (κ2) is 6.63. The SMILES string of the molecule is CCC1CCCCN1Cc1ccc(C(=O)NN)cn1. The van der Waals surface area contributed by atoms with Crippen LogP contribution in [0.15, 0.2) is 18.3 Å². The van der Waals surface area contributed by atoms with E-state index in [1.54, 1.807) is 12.3 Å². The number of nitrogens with two attached hydrogens (primary N) is 1. The summed E-state index contributed by atoms with van der Waals surface area (Å²) in [6, 6.07) is 4.35. The summed E-state index contributed by atoms with van der Waals surface area (Å²) < 4.78 is 0. The minimum Gasteiger partial charge on any atom is -0.295 e. The van der Waals surface area contributed by atoms with Crippen LogP contribution in [-0.4, -0.2) is 28.4 Å². The molecule has 1 aromatic heterocycles. The van der Waals surface area contributed by atoms with Gasteiger partial charge in [-0.05, 0) is 37.9 Å². The first kappa shape index (κ1) is 14.0. The number of amides is 1. The number of nitrogen functional groups attached to an aromatic ring is 1. The van der Waals surface area contributed by atoms with E-state index < -0.39 is 0 Å². The number of rotatable bonds is 4. The molecular formula is C14H22N4O. The van der Waals surface area contributed by atoms with Crippen molar-refractivity contribution >= 4 is 5.91 Å². The van der Waals surface area contributed by atoms with Crippen LogP contribution in [-0.2, 0) is 6.54 Å². The van der Waals surface area contributed by atoms with Crippen molar-refractivity contribution in [2.75, 3.05) is 6.54 Å². The Morgan fingerprint density at radius 1 is 1.53 bits per heavy atom. The zero-order chi connectivity index (χ0) is 13.7. The molecule has 5 nitrogen and oxygen atoms in total. The lowest BCUT2D eigenvalue weighted by atomic mass is 10.00. The highest BCUT2D eigenvalue weighted by Crippen LogP contribution is 2.21. The number of hydrazine groups is 1. The predicted molar refractivity (Wildman–Crippen MR) is 74.2 cm³/mol. The molecule has 1 unspecified atom stereocenters. The Bertz CT molecular complexity index is 418. The van der Waals surface area contributed by atoms with E-state index >= 15 is 0 Å². The summed E-state index contributed by atoms with van der Waals surface area (Å²) in [7, 11) is 0. The summed E-state index contributed by atoms with van der Waals surface area (Å²) in [5.41, 5.74) is 3.61. The van der Waals surface area contributed by atoms with Crippen LogP contribution in [0, 0.1) is 0 Å². The maximum atomic E-state index is 11.3. The average Bonchev–Trinajstić information content (AvgIpc) is 2.48. The van der Waals surface area contributed by atoms with Gasteiger partial charge in [0, 0.05) is 18.8 Å². The fourth-order valence-electron chi connectivity index (χ4n) is 2.67. The summed E-state index contributed by atoms with van der Waals surface area (Å²) in [6.45, 7) is 4.25. The van der Waals surface area contributed by atoms with Gasteiger partial charge in [-0.1, -0.05) is 13.3 Å². The van der Waals surface area contributed by atoms with E-state index in [1.165, 1.54) is 25.7 Å². The molecule has 19 heavy (non-hydrogen) atoms. The molecule has 1 atom stereocenters. The number of carbonyl (C=O) groups is 1. The molecule has 2 rings (SSSR count). The van der Waals surface area contributed by atoms with Crippen molar-refractivity contribution in [3.8, 4) is 0 Å². The van der Waals surface area contributed by atoms with E-state index in [4.69, 9.17) is 5.84 Å². The van der Waals surface area contributed by atoms with Gasteiger partial charge in [0.2, 0.25) is 0 Å². The maximum Gasteiger partial charge on any atom is 0.266 e. The summed E-state index contributed by atoms with van der Waals surface area (Å²) in [4.78, 5) is 18.2. The molecule has 0 radical (unpaired) electrons. The van der Waals surface area contributed by atoms with E-state index in [2.05, 4.69) is 22.2 Å². The third-order valence-corrected chi connectivity index (χ3v) is 3.80. The number of hydrogen-bond acceptors (Lipinski definition) is 4. The standard InChI is InChI=1S/C14H22N4O/c1-2-13-5-3-4-8-18(13)10-12-7-6-11(9-16-12)14(19)17-15/h6-7,9,13H,2-5,8,10,15H2,1H3,(H,17,19). The van der Waals surface area contributed by atoms with Crippen LogP contribution in [0.25, 0.3) is 0 Å². The highest BCUT2D eigenvalue weighted by atomic mass is 16.2. The van der Waals surface area contributed by atoms with Crippen molar-refractivity contribution in [1.82, 2.24) is 15.3 Å². The monoisotopic (exact) mass is 262 g/mol. The van der Waals surface area contributed by atoms with Gasteiger partial charge in [-0.25, -0.2) is 5.84 Å². The molecule has 1 aliphatic heterocycles. The van der Waals surface area contributed by atoms with Gasteiger partial charge in [-0.3, -0.25) is 20.1 Å².